The molecule has 0 bridgehead atoms. The van der Waals surface area contributed by atoms with Gasteiger partial charge in [-0.25, -0.2) is 9.97 Å². The summed E-state index contributed by atoms with van der Waals surface area (Å²) in [4.78, 5) is 13.4. The van der Waals surface area contributed by atoms with Crippen LogP contribution in [0, 0.1) is 0 Å². The van der Waals surface area contributed by atoms with Gasteiger partial charge in [-0.05, 0) is 41.0 Å². The number of pyridine rings is 1. The fourth-order valence-corrected chi connectivity index (χ4v) is 4.22. The highest BCUT2D eigenvalue weighted by atomic mass is 16.4. The highest BCUT2D eigenvalue weighted by molar-refractivity contribution is 5.75. The molecule has 0 fully saturated rings. The molecule has 2 atom stereocenters. The highest BCUT2D eigenvalue weighted by Crippen LogP contribution is 2.34. The maximum absolute atomic E-state index is 10.5. The van der Waals surface area contributed by atoms with Crippen molar-refractivity contribution in [1.82, 2.24) is 19.5 Å². The summed E-state index contributed by atoms with van der Waals surface area (Å²) in [5.41, 5.74) is 6.52. The second-order valence-corrected chi connectivity index (χ2v) is 7.63. The van der Waals surface area contributed by atoms with Crippen LogP contribution in [0.25, 0.3) is 22.3 Å². The summed E-state index contributed by atoms with van der Waals surface area (Å²) in [7, 11) is 0. The van der Waals surface area contributed by atoms with Crippen molar-refractivity contribution in [3.8, 4) is 0 Å². The molecular weight excluding hydrogens is 378 g/mol. The summed E-state index contributed by atoms with van der Waals surface area (Å²) >= 11 is 0. The summed E-state index contributed by atoms with van der Waals surface area (Å²) in [5.74, 6) is 0. The van der Waals surface area contributed by atoms with E-state index in [0.717, 1.165) is 33.4 Å². The minimum absolute atomic E-state index is 0.225. The average Bonchev–Trinajstić information content (AvgIpc) is 3.44. The molecule has 0 aliphatic heterocycles. The largest absolute Gasteiger partial charge is 0.424 e. The number of anilines is 1. The van der Waals surface area contributed by atoms with Gasteiger partial charge in [0.15, 0.2) is 11.2 Å². The van der Waals surface area contributed by atoms with Gasteiger partial charge >= 0.3 is 0 Å². The summed E-state index contributed by atoms with van der Waals surface area (Å²) < 4.78 is 7.98. The standard InChI is InChI=1S/C23H19N5O2/c29-19-11-15-4-1-2-5-16(15)21(19)27-23-26-17-8-7-14(10-20(17)30-23)12-28-13-25-18-6-3-9-24-22(18)28/h1-10,13,19,21,29H,11-12H2,(H,26,27)/t19-,21-/m1/s1. The number of aliphatic hydroxyl groups excluding tert-OH is 1. The van der Waals surface area contributed by atoms with Crippen molar-refractivity contribution in [3.63, 3.8) is 0 Å². The van der Waals surface area contributed by atoms with Crippen LogP contribution < -0.4 is 5.32 Å². The lowest BCUT2D eigenvalue weighted by molar-refractivity contribution is 0.164. The summed E-state index contributed by atoms with van der Waals surface area (Å²) in [5, 5.41) is 13.7. The normalized spacial score (nSPS) is 18.2. The molecule has 5 aromatic rings. The fourth-order valence-electron chi connectivity index (χ4n) is 4.22. The summed E-state index contributed by atoms with van der Waals surface area (Å²) in [6, 6.07) is 18.1. The number of oxazole rings is 1. The van der Waals surface area contributed by atoms with E-state index in [4.69, 9.17) is 4.42 Å². The summed E-state index contributed by atoms with van der Waals surface area (Å²) in [6.45, 7) is 0.641. The number of imidazole rings is 1. The molecule has 3 aromatic heterocycles. The van der Waals surface area contributed by atoms with Crippen LogP contribution in [0.5, 0.6) is 0 Å². The topological polar surface area (TPSA) is 89.0 Å². The molecule has 30 heavy (non-hydrogen) atoms. The van der Waals surface area contributed by atoms with Gasteiger partial charge in [-0.2, -0.15) is 4.98 Å². The monoisotopic (exact) mass is 397 g/mol. The first-order valence-corrected chi connectivity index (χ1v) is 9.92. The molecule has 7 heteroatoms. The van der Waals surface area contributed by atoms with Crippen LogP contribution in [0.3, 0.4) is 0 Å². The Kier molecular flexibility index (Phi) is 3.82. The third-order valence-electron chi connectivity index (χ3n) is 5.66. The maximum Gasteiger partial charge on any atom is 0.296 e. The Morgan fingerprint density at radius 1 is 1.07 bits per heavy atom. The molecule has 2 N–H and O–H groups in total. The number of hydrogen-bond donors (Lipinski definition) is 2. The van der Waals surface area contributed by atoms with Crippen molar-refractivity contribution in [1.29, 1.82) is 0 Å². The number of hydrogen-bond acceptors (Lipinski definition) is 6. The Labute approximate surface area is 172 Å². The van der Waals surface area contributed by atoms with Crippen LogP contribution >= 0.6 is 0 Å². The van der Waals surface area contributed by atoms with E-state index in [9.17, 15) is 5.11 Å². The fraction of sp³-hybridized carbons (Fsp3) is 0.174. The smallest absolute Gasteiger partial charge is 0.296 e. The predicted octanol–water partition coefficient (Wildman–Crippen LogP) is 3.69. The number of benzene rings is 2. The number of rotatable bonds is 4. The van der Waals surface area contributed by atoms with E-state index < -0.39 is 6.10 Å². The van der Waals surface area contributed by atoms with Gasteiger partial charge in [0.25, 0.3) is 6.01 Å². The van der Waals surface area contributed by atoms with Crippen molar-refractivity contribution < 1.29 is 9.52 Å². The van der Waals surface area contributed by atoms with Crippen molar-refractivity contribution in [2.45, 2.75) is 25.1 Å². The van der Waals surface area contributed by atoms with Crippen LogP contribution in [0.1, 0.15) is 22.7 Å². The minimum atomic E-state index is -0.505. The van der Waals surface area contributed by atoms with Gasteiger partial charge in [-0.1, -0.05) is 30.3 Å². The van der Waals surface area contributed by atoms with Crippen LogP contribution in [-0.2, 0) is 13.0 Å². The maximum atomic E-state index is 10.5. The second kappa shape index (κ2) is 6.67. The molecule has 0 saturated heterocycles. The number of fused-ring (bicyclic) bond motifs is 3. The molecular formula is C23H19N5O2. The molecule has 0 amide bonds. The highest BCUT2D eigenvalue weighted by Gasteiger charge is 2.31. The van der Waals surface area contributed by atoms with E-state index in [1.54, 1.807) is 12.5 Å². The number of nitrogens with one attached hydrogen (secondary N) is 1. The SMILES string of the molecule is O[C@@H]1Cc2ccccc2[C@H]1Nc1nc2ccc(Cn3cnc4cccnc43)cc2o1. The van der Waals surface area contributed by atoms with Crippen LogP contribution in [-0.4, -0.2) is 30.7 Å². The lowest BCUT2D eigenvalue weighted by atomic mass is 10.1. The molecule has 0 saturated carbocycles. The quantitative estimate of drug-likeness (QED) is 0.481. The molecule has 1 aliphatic carbocycles. The number of aromatic nitrogens is 4. The second-order valence-electron chi connectivity index (χ2n) is 7.63. The van der Waals surface area contributed by atoms with E-state index in [2.05, 4.69) is 20.3 Å². The van der Waals surface area contributed by atoms with Gasteiger partial charge in [-0.15, -0.1) is 0 Å². The molecule has 6 rings (SSSR count). The molecule has 0 spiro atoms. The minimum Gasteiger partial charge on any atom is -0.424 e. The van der Waals surface area contributed by atoms with Gasteiger partial charge in [0, 0.05) is 12.6 Å². The Bertz CT molecular complexity index is 1370. The van der Waals surface area contributed by atoms with E-state index >= 15 is 0 Å². The zero-order chi connectivity index (χ0) is 20.1. The van der Waals surface area contributed by atoms with Crippen LogP contribution in [0.4, 0.5) is 6.01 Å². The van der Waals surface area contributed by atoms with Crippen molar-refractivity contribution in [2.24, 2.45) is 0 Å². The predicted molar refractivity (Wildman–Crippen MR) is 113 cm³/mol. The van der Waals surface area contributed by atoms with Crippen molar-refractivity contribution >= 4 is 28.3 Å². The molecule has 0 unspecified atom stereocenters. The third-order valence-corrected chi connectivity index (χ3v) is 5.66. The average molecular weight is 397 g/mol. The van der Waals surface area contributed by atoms with Crippen LogP contribution in [0.15, 0.2) is 71.5 Å². The molecule has 2 aromatic carbocycles. The molecule has 1 aliphatic rings. The van der Waals surface area contributed by atoms with E-state index in [1.165, 1.54) is 0 Å². The molecule has 148 valence electrons. The zero-order valence-electron chi connectivity index (χ0n) is 16.1. The van der Waals surface area contributed by atoms with E-state index in [1.807, 2.05) is 59.2 Å². The third kappa shape index (κ3) is 2.83. The Morgan fingerprint density at radius 2 is 2.00 bits per heavy atom. The van der Waals surface area contributed by atoms with E-state index in [-0.39, 0.29) is 6.04 Å². The summed E-state index contributed by atoms with van der Waals surface area (Å²) in [6.07, 6.45) is 3.70. The number of nitrogens with zero attached hydrogens (tertiary/aromatic N) is 4. The Balaban J connectivity index is 1.28. The molecule has 3 heterocycles. The lowest BCUT2D eigenvalue weighted by Gasteiger charge is -2.16. The molecule has 7 nitrogen and oxygen atoms in total. The zero-order valence-corrected chi connectivity index (χ0v) is 16.1. The molecule has 0 radical (unpaired) electrons. The Hall–Kier alpha value is -3.71. The van der Waals surface area contributed by atoms with Gasteiger partial charge in [0.1, 0.15) is 11.0 Å². The van der Waals surface area contributed by atoms with Gasteiger partial charge in [-0.3, -0.25) is 0 Å². The number of aliphatic hydroxyl groups is 1. The van der Waals surface area contributed by atoms with Crippen molar-refractivity contribution in [3.05, 3.63) is 83.8 Å². The van der Waals surface area contributed by atoms with Crippen molar-refractivity contribution in [2.75, 3.05) is 5.32 Å². The van der Waals surface area contributed by atoms with Gasteiger partial charge < -0.3 is 19.4 Å². The van der Waals surface area contributed by atoms with Crippen LogP contribution in [0.2, 0.25) is 0 Å². The van der Waals surface area contributed by atoms with E-state index in [0.29, 0.717) is 24.6 Å². The lowest BCUT2D eigenvalue weighted by Crippen LogP contribution is -2.21. The van der Waals surface area contributed by atoms with Gasteiger partial charge in [0.2, 0.25) is 0 Å². The first-order chi connectivity index (χ1) is 14.7. The first kappa shape index (κ1) is 17.2. The Morgan fingerprint density at radius 3 is 2.97 bits per heavy atom. The first-order valence-electron chi connectivity index (χ1n) is 9.92. The van der Waals surface area contributed by atoms with Gasteiger partial charge in [0.05, 0.1) is 25.0 Å².